The molecule has 0 aliphatic rings. The molecule has 0 unspecified atom stereocenters. The third-order valence-corrected chi connectivity index (χ3v) is 3.89. The molecule has 0 N–H and O–H groups in total. The van der Waals surface area contributed by atoms with Crippen LogP contribution in [-0.4, -0.2) is 21.7 Å². The molecular formula is C6H10N2S3. The smallest absolute Gasteiger partial charge is 0.131 e. The van der Waals surface area contributed by atoms with E-state index in [1.807, 2.05) is 6.26 Å². The molecule has 62 valence electrons. The van der Waals surface area contributed by atoms with Crippen LogP contribution in [-0.2, 0) is 0 Å². The summed E-state index contributed by atoms with van der Waals surface area (Å²) in [5.41, 5.74) is 0. The fourth-order valence-electron chi connectivity index (χ4n) is 0.529. The van der Waals surface area contributed by atoms with E-state index >= 15 is 0 Å². The van der Waals surface area contributed by atoms with Crippen LogP contribution in [0, 0.1) is 0 Å². The summed E-state index contributed by atoms with van der Waals surface area (Å²) in [4.78, 5) is 0. The Bertz CT molecular complexity index is 221. The van der Waals surface area contributed by atoms with Gasteiger partial charge in [0, 0.05) is 5.25 Å². The van der Waals surface area contributed by atoms with Crippen LogP contribution in [0.3, 0.4) is 0 Å². The third-order valence-electron chi connectivity index (χ3n) is 0.899. The first kappa shape index (κ1) is 9.35. The molecule has 0 amide bonds. The first-order valence-corrected chi connectivity index (χ1v) is 6.18. The van der Waals surface area contributed by atoms with Crippen molar-refractivity contribution < 1.29 is 0 Å². The minimum absolute atomic E-state index is 0.595. The molecule has 0 spiro atoms. The summed E-state index contributed by atoms with van der Waals surface area (Å²) >= 11 is 5.08. The fraction of sp³-hybridized carbons (Fsp3) is 0.667. The maximum absolute atomic E-state index is 4.04. The highest BCUT2D eigenvalue weighted by Gasteiger charge is 2.04. The Balaban J connectivity index is 2.58. The molecule has 0 radical (unpaired) electrons. The zero-order valence-corrected chi connectivity index (χ0v) is 9.15. The molecule has 0 bridgehead atoms. The van der Waals surface area contributed by atoms with E-state index in [-0.39, 0.29) is 0 Å². The molecule has 0 aliphatic carbocycles. The lowest BCUT2D eigenvalue weighted by atomic mass is 10.6. The maximum atomic E-state index is 4.04. The monoisotopic (exact) mass is 206 g/mol. The Labute approximate surface area is 79.2 Å². The van der Waals surface area contributed by atoms with Gasteiger partial charge in [0.05, 0.1) is 0 Å². The second-order valence-corrected chi connectivity index (χ2v) is 6.06. The third kappa shape index (κ3) is 3.01. The predicted octanol–water partition coefficient (Wildman–Crippen LogP) is 2.76. The van der Waals surface area contributed by atoms with E-state index in [1.54, 1.807) is 34.9 Å². The topological polar surface area (TPSA) is 25.8 Å². The number of rotatable bonds is 3. The standard InChI is InChI=1S/C6H10N2S3/c1-4(2)10-6-8-7-5(9-3)11-6/h4H,1-3H3. The minimum atomic E-state index is 0.595. The average molecular weight is 206 g/mol. The van der Waals surface area contributed by atoms with E-state index in [0.717, 1.165) is 8.68 Å². The molecule has 1 aromatic rings. The van der Waals surface area contributed by atoms with Gasteiger partial charge in [-0.05, 0) is 6.26 Å². The first-order valence-electron chi connectivity index (χ1n) is 3.26. The molecular weight excluding hydrogens is 196 g/mol. The summed E-state index contributed by atoms with van der Waals surface area (Å²) in [5, 5.41) is 8.63. The van der Waals surface area contributed by atoms with Crippen molar-refractivity contribution in [1.82, 2.24) is 10.2 Å². The van der Waals surface area contributed by atoms with Gasteiger partial charge in [0.1, 0.15) is 0 Å². The molecule has 1 rings (SSSR count). The van der Waals surface area contributed by atoms with E-state index in [9.17, 15) is 0 Å². The Morgan fingerprint density at radius 3 is 2.36 bits per heavy atom. The predicted molar refractivity (Wildman–Crippen MR) is 52.7 cm³/mol. The van der Waals surface area contributed by atoms with Crippen molar-refractivity contribution in [3.63, 3.8) is 0 Å². The molecule has 0 aliphatic heterocycles. The van der Waals surface area contributed by atoms with Gasteiger partial charge in [0.25, 0.3) is 0 Å². The number of nitrogens with zero attached hydrogens (tertiary/aromatic N) is 2. The quantitative estimate of drug-likeness (QED) is 0.710. The van der Waals surface area contributed by atoms with Crippen molar-refractivity contribution in [2.24, 2.45) is 0 Å². The summed E-state index contributed by atoms with van der Waals surface area (Å²) in [6, 6.07) is 0. The van der Waals surface area contributed by atoms with Crippen LogP contribution in [0.25, 0.3) is 0 Å². The van der Waals surface area contributed by atoms with Gasteiger partial charge in [-0.25, -0.2) is 0 Å². The molecule has 1 aromatic heterocycles. The number of thioether (sulfide) groups is 2. The van der Waals surface area contributed by atoms with Gasteiger partial charge in [-0.15, -0.1) is 10.2 Å². The minimum Gasteiger partial charge on any atom is -0.131 e. The first-order chi connectivity index (χ1) is 5.22. The lowest BCUT2D eigenvalue weighted by molar-refractivity contribution is 0.951. The highest BCUT2D eigenvalue weighted by molar-refractivity contribution is 8.03. The van der Waals surface area contributed by atoms with Crippen molar-refractivity contribution >= 4 is 34.9 Å². The fourth-order valence-corrected chi connectivity index (χ4v) is 3.19. The van der Waals surface area contributed by atoms with Crippen molar-refractivity contribution in [3.05, 3.63) is 0 Å². The Kier molecular flexibility index (Phi) is 3.68. The Morgan fingerprint density at radius 1 is 1.27 bits per heavy atom. The maximum Gasteiger partial charge on any atom is 0.175 e. The van der Waals surface area contributed by atoms with Gasteiger partial charge in [0.15, 0.2) is 8.68 Å². The van der Waals surface area contributed by atoms with Gasteiger partial charge in [0.2, 0.25) is 0 Å². The van der Waals surface area contributed by atoms with Crippen molar-refractivity contribution in [3.8, 4) is 0 Å². The largest absolute Gasteiger partial charge is 0.175 e. The van der Waals surface area contributed by atoms with Crippen LogP contribution >= 0.6 is 34.9 Å². The summed E-state index contributed by atoms with van der Waals surface area (Å²) in [6.07, 6.45) is 2.02. The van der Waals surface area contributed by atoms with Gasteiger partial charge in [-0.2, -0.15) is 0 Å². The summed E-state index contributed by atoms with van der Waals surface area (Å²) < 4.78 is 2.12. The molecule has 0 aromatic carbocycles. The van der Waals surface area contributed by atoms with Crippen LogP contribution in [0.5, 0.6) is 0 Å². The number of hydrogen-bond donors (Lipinski definition) is 0. The van der Waals surface area contributed by atoms with Crippen molar-refractivity contribution in [2.45, 2.75) is 27.8 Å². The zero-order chi connectivity index (χ0) is 8.27. The molecule has 0 atom stereocenters. The summed E-state index contributed by atoms with van der Waals surface area (Å²) in [5.74, 6) is 0. The van der Waals surface area contributed by atoms with E-state index in [4.69, 9.17) is 0 Å². The number of aromatic nitrogens is 2. The van der Waals surface area contributed by atoms with Gasteiger partial charge < -0.3 is 0 Å². The second kappa shape index (κ2) is 4.33. The number of hydrogen-bond acceptors (Lipinski definition) is 5. The van der Waals surface area contributed by atoms with Crippen LogP contribution in [0.15, 0.2) is 8.68 Å². The van der Waals surface area contributed by atoms with Crippen LogP contribution in [0.1, 0.15) is 13.8 Å². The van der Waals surface area contributed by atoms with Gasteiger partial charge >= 0.3 is 0 Å². The molecule has 5 heteroatoms. The van der Waals surface area contributed by atoms with E-state index in [1.165, 1.54) is 0 Å². The van der Waals surface area contributed by atoms with Crippen LogP contribution in [0.2, 0.25) is 0 Å². The molecule has 1 heterocycles. The summed E-state index contributed by atoms with van der Waals surface area (Å²) in [7, 11) is 0. The van der Waals surface area contributed by atoms with Gasteiger partial charge in [-0.3, -0.25) is 0 Å². The molecule has 0 saturated carbocycles. The van der Waals surface area contributed by atoms with E-state index < -0.39 is 0 Å². The van der Waals surface area contributed by atoms with Crippen molar-refractivity contribution in [2.75, 3.05) is 6.26 Å². The molecule has 0 saturated heterocycles. The lowest BCUT2D eigenvalue weighted by Crippen LogP contribution is -1.84. The second-order valence-electron chi connectivity index (χ2n) is 2.20. The molecule has 0 fully saturated rings. The summed E-state index contributed by atoms with van der Waals surface area (Å²) in [6.45, 7) is 4.32. The lowest BCUT2D eigenvalue weighted by Gasteiger charge is -1.96. The van der Waals surface area contributed by atoms with E-state index in [2.05, 4.69) is 24.0 Å². The Morgan fingerprint density at radius 2 is 1.91 bits per heavy atom. The van der Waals surface area contributed by atoms with Crippen molar-refractivity contribution in [1.29, 1.82) is 0 Å². The average Bonchev–Trinajstić information content (AvgIpc) is 2.34. The van der Waals surface area contributed by atoms with Crippen LogP contribution in [0.4, 0.5) is 0 Å². The highest BCUT2D eigenvalue weighted by Crippen LogP contribution is 2.29. The van der Waals surface area contributed by atoms with E-state index in [0.29, 0.717) is 5.25 Å². The van der Waals surface area contributed by atoms with Crippen LogP contribution < -0.4 is 0 Å². The zero-order valence-electron chi connectivity index (χ0n) is 6.70. The molecule has 2 nitrogen and oxygen atoms in total. The normalized spacial score (nSPS) is 10.9. The SMILES string of the molecule is CSc1nnc(SC(C)C)s1. The highest BCUT2D eigenvalue weighted by atomic mass is 32.2. The van der Waals surface area contributed by atoms with Gasteiger partial charge in [-0.1, -0.05) is 48.7 Å². The molecule has 11 heavy (non-hydrogen) atoms. The Hall–Kier alpha value is 0.260.